The van der Waals surface area contributed by atoms with E-state index in [-0.39, 0.29) is 18.0 Å². The minimum absolute atomic E-state index is 0.000989. The quantitative estimate of drug-likeness (QED) is 0.569. The van der Waals surface area contributed by atoms with Gasteiger partial charge in [0.15, 0.2) is 5.96 Å². The summed E-state index contributed by atoms with van der Waals surface area (Å²) in [5.41, 5.74) is 8.46. The van der Waals surface area contributed by atoms with Crippen LogP contribution in [-0.4, -0.2) is 55.8 Å². The van der Waals surface area contributed by atoms with Gasteiger partial charge in [0.2, 0.25) is 5.91 Å². The van der Waals surface area contributed by atoms with E-state index in [0.717, 1.165) is 38.4 Å². The van der Waals surface area contributed by atoms with E-state index in [1.807, 2.05) is 0 Å². The maximum absolute atomic E-state index is 12.0. The van der Waals surface area contributed by atoms with Crippen molar-refractivity contribution in [3.63, 3.8) is 0 Å². The number of carbonyl (C=O) groups excluding carboxylic acids is 1. The van der Waals surface area contributed by atoms with Crippen LogP contribution in [0.1, 0.15) is 11.1 Å². The molecule has 2 unspecified atom stereocenters. The van der Waals surface area contributed by atoms with Crippen LogP contribution in [0.25, 0.3) is 0 Å². The second-order valence-electron chi connectivity index (χ2n) is 6.62. The van der Waals surface area contributed by atoms with E-state index in [4.69, 9.17) is 4.74 Å². The summed E-state index contributed by atoms with van der Waals surface area (Å²) in [4.78, 5) is 19.0. The highest BCUT2D eigenvalue weighted by atomic mass is 16.5. The first-order valence-corrected chi connectivity index (χ1v) is 8.76. The Balaban J connectivity index is 1.37. The van der Waals surface area contributed by atoms with Crippen LogP contribution in [0, 0.1) is 5.92 Å². The molecule has 0 bridgehead atoms. The third-order valence-electron chi connectivity index (χ3n) is 4.77. The third-order valence-corrected chi connectivity index (χ3v) is 4.77. The Hall–Kier alpha value is -2.00. The molecule has 0 saturated carbocycles. The summed E-state index contributed by atoms with van der Waals surface area (Å²) in [6.45, 7) is 5.67. The summed E-state index contributed by atoms with van der Waals surface area (Å²) in [6, 6.07) is 8.46. The number of benzene rings is 1. The van der Waals surface area contributed by atoms with Crippen molar-refractivity contribution in [2.75, 3.05) is 32.8 Å². The van der Waals surface area contributed by atoms with Gasteiger partial charge in [-0.3, -0.25) is 20.4 Å². The summed E-state index contributed by atoms with van der Waals surface area (Å²) >= 11 is 0. The lowest BCUT2D eigenvalue weighted by molar-refractivity contribution is -0.124. The van der Waals surface area contributed by atoms with Crippen LogP contribution < -0.4 is 21.5 Å². The van der Waals surface area contributed by atoms with Crippen LogP contribution in [0.3, 0.4) is 0 Å². The molecule has 1 amide bonds. The Morgan fingerprint density at radius 2 is 2.08 bits per heavy atom. The molecule has 134 valence electrons. The molecule has 0 aromatic heterocycles. The van der Waals surface area contributed by atoms with Crippen molar-refractivity contribution < 1.29 is 9.53 Å². The molecule has 3 aliphatic rings. The van der Waals surface area contributed by atoms with Crippen molar-refractivity contribution >= 4 is 11.9 Å². The molecule has 3 fully saturated rings. The number of hydrogen-bond acceptors (Lipinski definition) is 6. The molecule has 3 aliphatic heterocycles. The maximum Gasteiger partial charge on any atom is 0.234 e. The molecule has 25 heavy (non-hydrogen) atoms. The average molecular weight is 344 g/mol. The minimum Gasteiger partial charge on any atom is -0.379 e. The number of ether oxygens (including phenoxy) is 1. The average Bonchev–Trinajstić information content (AvgIpc) is 3.10. The van der Waals surface area contributed by atoms with Crippen molar-refractivity contribution in [3.8, 4) is 0 Å². The van der Waals surface area contributed by atoms with Crippen molar-refractivity contribution in [1.29, 1.82) is 0 Å². The molecule has 4 rings (SSSR count). The number of hydrazine groups is 1. The number of rotatable bonds is 4. The number of amides is 1. The first-order valence-electron chi connectivity index (χ1n) is 8.76. The largest absolute Gasteiger partial charge is 0.379 e. The maximum atomic E-state index is 12.0. The minimum atomic E-state index is -0.101. The fraction of sp³-hybridized carbons (Fsp3) is 0.529. The molecular weight excluding hydrogens is 320 g/mol. The Kier molecular flexibility index (Phi) is 4.93. The Labute approximate surface area is 147 Å². The zero-order valence-electron chi connectivity index (χ0n) is 14.1. The molecule has 3 heterocycles. The summed E-state index contributed by atoms with van der Waals surface area (Å²) in [6.07, 6.45) is -0.0971. The molecule has 0 radical (unpaired) electrons. The highest BCUT2D eigenvalue weighted by molar-refractivity contribution is 6.01. The van der Waals surface area contributed by atoms with Crippen molar-refractivity contribution in [2.45, 2.75) is 19.3 Å². The summed E-state index contributed by atoms with van der Waals surface area (Å²) < 4.78 is 5.39. The Morgan fingerprint density at radius 3 is 2.96 bits per heavy atom. The standard InChI is InChI=1S/C17H24N6O2/c24-16-14-10-19-22-15(14)20-17(21-16)18-9-12-2-1-3-13(8-12)11-23-4-6-25-7-5-23/h1-3,8,14-15,19,22H,4-7,9-11H2,(H2,18,20,21,24). The monoisotopic (exact) mass is 344 g/mol. The van der Waals surface area contributed by atoms with E-state index in [1.165, 1.54) is 5.56 Å². The van der Waals surface area contributed by atoms with Gasteiger partial charge in [-0.25, -0.2) is 10.4 Å². The summed E-state index contributed by atoms with van der Waals surface area (Å²) in [5, 5.41) is 6.05. The number of nitrogens with zero attached hydrogens (tertiary/aromatic N) is 2. The fourth-order valence-electron chi connectivity index (χ4n) is 3.37. The highest BCUT2D eigenvalue weighted by Crippen LogP contribution is 2.12. The van der Waals surface area contributed by atoms with Crippen LogP contribution in [0.2, 0.25) is 0 Å². The third kappa shape index (κ3) is 3.98. The van der Waals surface area contributed by atoms with Crippen LogP contribution >= 0.6 is 0 Å². The first-order chi connectivity index (χ1) is 12.3. The van der Waals surface area contributed by atoms with E-state index < -0.39 is 0 Å². The molecule has 3 saturated heterocycles. The van der Waals surface area contributed by atoms with Crippen LogP contribution in [0.15, 0.2) is 29.3 Å². The topological polar surface area (TPSA) is 90.0 Å². The Morgan fingerprint density at radius 1 is 1.24 bits per heavy atom. The predicted octanol–water partition coefficient (Wildman–Crippen LogP) is -0.856. The van der Waals surface area contributed by atoms with Gasteiger partial charge in [-0.1, -0.05) is 24.3 Å². The molecule has 8 heteroatoms. The smallest absolute Gasteiger partial charge is 0.234 e. The molecule has 1 aromatic rings. The predicted molar refractivity (Wildman–Crippen MR) is 93.4 cm³/mol. The van der Waals surface area contributed by atoms with Gasteiger partial charge in [-0.15, -0.1) is 0 Å². The van der Waals surface area contributed by atoms with Gasteiger partial charge in [-0.2, -0.15) is 0 Å². The molecule has 2 atom stereocenters. The van der Waals surface area contributed by atoms with Gasteiger partial charge >= 0.3 is 0 Å². The number of fused-ring (bicyclic) bond motifs is 1. The second kappa shape index (κ2) is 7.49. The first kappa shape index (κ1) is 16.5. The summed E-state index contributed by atoms with van der Waals surface area (Å²) in [7, 11) is 0. The normalized spacial score (nSPS) is 28.5. The van der Waals surface area contributed by atoms with Crippen LogP contribution in [-0.2, 0) is 22.6 Å². The van der Waals surface area contributed by atoms with Gasteiger partial charge in [0.1, 0.15) is 6.17 Å². The van der Waals surface area contributed by atoms with E-state index in [0.29, 0.717) is 19.0 Å². The Bertz CT molecular complexity index is 658. The highest BCUT2D eigenvalue weighted by Gasteiger charge is 2.37. The number of carbonyl (C=O) groups is 1. The van der Waals surface area contributed by atoms with Gasteiger partial charge in [0.25, 0.3) is 0 Å². The van der Waals surface area contributed by atoms with Crippen LogP contribution in [0.4, 0.5) is 0 Å². The molecule has 0 spiro atoms. The van der Waals surface area contributed by atoms with Gasteiger partial charge < -0.3 is 10.1 Å². The molecule has 1 aromatic carbocycles. The van der Waals surface area contributed by atoms with Gasteiger partial charge in [0, 0.05) is 26.2 Å². The van der Waals surface area contributed by atoms with Crippen molar-refractivity contribution in [2.24, 2.45) is 10.9 Å². The number of aliphatic imine (C=N–C) groups is 1. The van der Waals surface area contributed by atoms with Gasteiger partial charge in [0.05, 0.1) is 25.7 Å². The molecular formula is C17H24N6O2. The lowest BCUT2D eigenvalue weighted by atomic mass is 10.1. The SMILES string of the molecule is O=C1NC(=NCc2cccc(CN3CCOCC3)c2)NC2NNCC12. The van der Waals surface area contributed by atoms with E-state index in [9.17, 15) is 4.79 Å². The number of hydrogen-bond donors (Lipinski definition) is 4. The van der Waals surface area contributed by atoms with E-state index in [1.54, 1.807) is 0 Å². The number of nitrogens with one attached hydrogen (secondary N) is 4. The van der Waals surface area contributed by atoms with Gasteiger partial charge in [-0.05, 0) is 11.1 Å². The van der Waals surface area contributed by atoms with Crippen LogP contribution in [0.5, 0.6) is 0 Å². The fourth-order valence-corrected chi connectivity index (χ4v) is 3.37. The number of morpholine rings is 1. The van der Waals surface area contributed by atoms with E-state index >= 15 is 0 Å². The molecule has 8 nitrogen and oxygen atoms in total. The summed E-state index contributed by atoms with van der Waals surface area (Å²) in [5.74, 6) is 0.429. The molecule has 0 aliphatic carbocycles. The zero-order valence-corrected chi connectivity index (χ0v) is 14.1. The molecule has 4 N–H and O–H groups in total. The lowest BCUT2D eigenvalue weighted by Gasteiger charge is -2.27. The van der Waals surface area contributed by atoms with Crippen molar-refractivity contribution in [1.82, 2.24) is 26.4 Å². The zero-order chi connectivity index (χ0) is 17.1. The number of guanidine groups is 1. The van der Waals surface area contributed by atoms with Crippen molar-refractivity contribution in [3.05, 3.63) is 35.4 Å². The second-order valence-corrected chi connectivity index (χ2v) is 6.62. The van der Waals surface area contributed by atoms with E-state index in [2.05, 4.69) is 55.6 Å². The lowest BCUT2D eigenvalue weighted by Crippen LogP contribution is -2.61.